The molecule has 0 aliphatic carbocycles. The van der Waals surface area contributed by atoms with E-state index in [9.17, 15) is 9.59 Å². The lowest BCUT2D eigenvalue weighted by atomic mass is 10.0. The zero-order chi connectivity index (χ0) is 7.98. The summed E-state index contributed by atoms with van der Waals surface area (Å²) in [6.45, 7) is 3.38. The van der Waals surface area contributed by atoms with Gasteiger partial charge in [0.05, 0.1) is 5.92 Å². The van der Waals surface area contributed by atoms with E-state index in [0.29, 0.717) is 19.0 Å². The molecule has 3 heteroatoms. The Kier molecular flexibility index (Phi) is 4.41. The summed E-state index contributed by atoms with van der Waals surface area (Å²) in [5, 5.41) is 8.80. The fraction of sp³-hybridized carbons (Fsp3) is 0.429. The van der Waals surface area contributed by atoms with Crippen molar-refractivity contribution >= 4 is 12.6 Å². The summed E-state index contributed by atoms with van der Waals surface area (Å²) >= 11 is 0. The van der Waals surface area contributed by atoms with E-state index in [1.807, 2.05) is 0 Å². The van der Waals surface area contributed by atoms with Crippen LogP contribution in [-0.4, -0.2) is 23.8 Å². The summed E-state index contributed by atoms with van der Waals surface area (Å²) in [7, 11) is 0. The predicted octanol–water partition coefficient (Wildman–Crippen LogP) is -0.0626. The van der Waals surface area contributed by atoms with E-state index in [2.05, 4.69) is 6.58 Å². The molecule has 0 radical (unpaired) electrons. The van der Waals surface area contributed by atoms with Crippen molar-refractivity contribution in [3.63, 3.8) is 0 Å². The van der Waals surface area contributed by atoms with Crippen LogP contribution in [0.2, 0.25) is 0 Å². The lowest BCUT2D eigenvalue weighted by Gasteiger charge is -2.07. The first-order chi connectivity index (χ1) is 4.76. The standard InChI is InChI=1S/C7H10O3/c1-2-3-6(4-8)7(10)5-9/h2,4-7,10H,1,3H2/t6-,7+/m0/s1. The van der Waals surface area contributed by atoms with Gasteiger partial charge in [-0.1, -0.05) is 6.08 Å². The van der Waals surface area contributed by atoms with Crippen molar-refractivity contribution in [2.45, 2.75) is 12.5 Å². The van der Waals surface area contributed by atoms with Crippen molar-refractivity contribution in [3.05, 3.63) is 12.7 Å². The van der Waals surface area contributed by atoms with Gasteiger partial charge in [-0.25, -0.2) is 0 Å². The summed E-state index contributed by atoms with van der Waals surface area (Å²) in [4.78, 5) is 20.1. The van der Waals surface area contributed by atoms with Gasteiger partial charge in [-0.2, -0.15) is 0 Å². The average Bonchev–Trinajstić information content (AvgIpc) is 1.99. The number of aliphatic hydroxyl groups excluding tert-OH is 1. The van der Waals surface area contributed by atoms with Crippen LogP contribution in [0.4, 0.5) is 0 Å². The Hall–Kier alpha value is -0.960. The number of carbonyl (C=O) groups is 2. The quantitative estimate of drug-likeness (QED) is 0.432. The molecule has 0 fully saturated rings. The number of hydrogen-bond acceptors (Lipinski definition) is 3. The lowest BCUT2D eigenvalue weighted by Crippen LogP contribution is -2.22. The SMILES string of the molecule is C=CC[C@@H](C=O)[C@H](O)C=O. The molecule has 0 saturated heterocycles. The van der Waals surface area contributed by atoms with Crippen molar-refractivity contribution in [2.75, 3.05) is 0 Å². The first-order valence-corrected chi connectivity index (χ1v) is 2.95. The van der Waals surface area contributed by atoms with Crippen LogP contribution in [0, 0.1) is 5.92 Å². The topological polar surface area (TPSA) is 54.4 Å². The predicted molar refractivity (Wildman–Crippen MR) is 36.4 cm³/mol. The maximum Gasteiger partial charge on any atom is 0.149 e. The van der Waals surface area contributed by atoms with Crippen LogP contribution in [0.15, 0.2) is 12.7 Å². The lowest BCUT2D eigenvalue weighted by molar-refractivity contribution is -0.123. The number of hydrogen-bond donors (Lipinski definition) is 1. The van der Waals surface area contributed by atoms with Gasteiger partial charge in [0.2, 0.25) is 0 Å². The van der Waals surface area contributed by atoms with Crippen LogP contribution in [0.5, 0.6) is 0 Å². The highest BCUT2D eigenvalue weighted by molar-refractivity contribution is 5.66. The highest BCUT2D eigenvalue weighted by atomic mass is 16.3. The molecule has 0 spiro atoms. The Balaban J connectivity index is 3.90. The smallest absolute Gasteiger partial charge is 0.149 e. The molecule has 0 rings (SSSR count). The zero-order valence-electron chi connectivity index (χ0n) is 5.56. The molecule has 1 N–H and O–H groups in total. The molecule has 0 heterocycles. The van der Waals surface area contributed by atoms with Gasteiger partial charge >= 0.3 is 0 Å². The van der Waals surface area contributed by atoms with Gasteiger partial charge in [-0.3, -0.25) is 0 Å². The third kappa shape index (κ3) is 2.55. The minimum absolute atomic E-state index is 0.337. The molecule has 0 amide bonds. The molecule has 0 saturated carbocycles. The maximum atomic E-state index is 10.1. The molecule has 0 aromatic rings. The van der Waals surface area contributed by atoms with Gasteiger partial charge in [-0.05, 0) is 6.42 Å². The highest BCUT2D eigenvalue weighted by Crippen LogP contribution is 2.03. The fourth-order valence-corrected chi connectivity index (χ4v) is 0.569. The molecule has 0 aromatic carbocycles. The molecule has 10 heavy (non-hydrogen) atoms. The number of aliphatic hydroxyl groups is 1. The third-order valence-corrected chi connectivity index (χ3v) is 1.19. The van der Waals surface area contributed by atoms with Crippen LogP contribution >= 0.6 is 0 Å². The number of rotatable bonds is 5. The summed E-state index contributed by atoms with van der Waals surface area (Å²) in [6.07, 6.45) is 1.55. The van der Waals surface area contributed by atoms with E-state index >= 15 is 0 Å². The van der Waals surface area contributed by atoms with Crippen LogP contribution in [0.3, 0.4) is 0 Å². The Bertz CT molecular complexity index is 131. The Labute approximate surface area is 59.4 Å². The molecule has 0 aliphatic rings. The summed E-state index contributed by atoms with van der Waals surface area (Å²) in [5.74, 6) is -0.630. The van der Waals surface area contributed by atoms with Crippen molar-refractivity contribution in [3.8, 4) is 0 Å². The van der Waals surface area contributed by atoms with Crippen molar-refractivity contribution in [1.82, 2.24) is 0 Å². The van der Waals surface area contributed by atoms with Crippen molar-refractivity contribution in [2.24, 2.45) is 5.92 Å². The Morgan fingerprint density at radius 1 is 1.40 bits per heavy atom. The number of allylic oxidation sites excluding steroid dienone is 1. The monoisotopic (exact) mass is 142 g/mol. The summed E-state index contributed by atoms with van der Waals surface area (Å²) in [6, 6.07) is 0. The molecule has 0 aliphatic heterocycles. The van der Waals surface area contributed by atoms with E-state index < -0.39 is 12.0 Å². The van der Waals surface area contributed by atoms with E-state index in [1.165, 1.54) is 6.08 Å². The van der Waals surface area contributed by atoms with Crippen LogP contribution in [0.1, 0.15) is 6.42 Å². The Morgan fingerprint density at radius 3 is 2.30 bits per heavy atom. The largest absolute Gasteiger partial charge is 0.385 e. The molecule has 2 atom stereocenters. The van der Waals surface area contributed by atoms with Gasteiger partial charge in [0.1, 0.15) is 18.7 Å². The summed E-state index contributed by atoms with van der Waals surface area (Å²) < 4.78 is 0. The number of aldehydes is 2. The van der Waals surface area contributed by atoms with Crippen molar-refractivity contribution < 1.29 is 14.7 Å². The molecular weight excluding hydrogens is 132 g/mol. The van der Waals surface area contributed by atoms with Crippen molar-refractivity contribution in [1.29, 1.82) is 0 Å². The molecule has 56 valence electrons. The van der Waals surface area contributed by atoms with E-state index in [1.54, 1.807) is 0 Å². The van der Waals surface area contributed by atoms with Gasteiger partial charge < -0.3 is 14.7 Å². The van der Waals surface area contributed by atoms with Gasteiger partial charge in [0.25, 0.3) is 0 Å². The molecule has 3 nitrogen and oxygen atoms in total. The normalized spacial score (nSPS) is 15.3. The van der Waals surface area contributed by atoms with Crippen LogP contribution < -0.4 is 0 Å². The summed E-state index contributed by atoms with van der Waals surface area (Å²) in [5.41, 5.74) is 0. The fourth-order valence-electron chi connectivity index (χ4n) is 0.569. The highest BCUT2D eigenvalue weighted by Gasteiger charge is 2.14. The number of carbonyl (C=O) groups excluding carboxylic acids is 2. The van der Waals surface area contributed by atoms with E-state index in [0.717, 1.165) is 0 Å². The van der Waals surface area contributed by atoms with E-state index in [4.69, 9.17) is 5.11 Å². The minimum atomic E-state index is -1.18. The van der Waals surface area contributed by atoms with Gasteiger partial charge in [0.15, 0.2) is 0 Å². The average molecular weight is 142 g/mol. The van der Waals surface area contributed by atoms with Crippen LogP contribution in [-0.2, 0) is 9.59 Å². The second-order valence-corrected chi connectivity index (χ2v) is 1.95. The minimum Gasteiger partial charge on any atom is -0.385 e. The van der Waals surface area contributed by atoms with Gasteiger partial charge in [-0.15, -0.1) is 6.58 Å². The first kappa shape index (κ1) is 9.04. The van der Waals surface area contributed by atoms with Crippen LogP contribution in [0.25, 0.3) is 0 Å². The molecule has 0 unspecified atom stereocenters. The maximum absolute atomic E-state index is 10.1. The second kappa shape index (κ2) is 4.88. The third-order valence-electron chi connectivity index (χ3n) is 1.19. The van der Waals surface area contributed by atoms with Gasteiger partial charge in [0, 0.05) is 0 Å². The molecule has 0 bridgehead atoms. The zero-order valence-corrected chi connectivity index (χ0v) is 5.56. The Morgan fingerprint density at radius 2 is 2.00 bits per heavy atom. The first-order valence-electron chi connectivity index (χ1n) is 2.95. The molecule has 0 aromatic heterocycles. The van der Waals surface area contributed by atoms with E-state index in [-0.39, 0.29) is 0 Å². The second-order valence-electron chi connectivity index (χ2n) is 1.95. The molecular formula is C7H10O3.